The molecular formula is C9H17NO2S. The van der Waals surface area contributed by atoms with Crippen LogP contribution in [-0.2, 0) is 9.47 Å². The average Bonchev–Trinajstić information content (AvgIpc) is 2.04. The zero-order valence-corrected chi connectivity index (χ0v) is 9.32. The Labute approximate surface area is 85.0 Å². The van der Waals surface area contributed by atoms with Crippen molar-refractivity contribution in [3.63, 3.8) is 0 Å². The molecule has 0 N–H and O–H groups in total. The molecule has 0 bridgehead atoms. The topological polar surface area (TPSA) is 21.7 Å². The lowest BCUT2D eigenvalue weighted by atomic mass is 10.1. The van der Waals surface area contributed by atoms with Crippen molar-refractivity contribution < 1.29 is 9.47 Å². The Bertz CT molecular complexity index is 188. The Morgan fingerprint density at radius 3 is 2.31 bits per heavy atom. The van der Waals surface area contributed by atoms with Gasteiger partial charge in [0, 0.05) is 13.1 Å². The van der Waals surface area contributed by atoms with Crippen LogP contribution in [-0.4, -0.2) is 42.0 Å². The van der Waals surface area contributed by atoms with E-state index in [4.69, 9.17) is 21.7 Å². The monoisotopic (exact) mass is 203 g/mol. The third-order valence-corrected chi connectivity index (χ3v) is 2.51. The zero-order valence-electron chi connectivity index (χ0n) is 8.50. The second-order valence-corrected chi connectivity index (χ2v) is 3.83. The molecule has 1 saturated heterocycles. The van der Waals surface area contributed by atoms with Gasteiger partial charge in [0.05, 0.1) is 13.2 Å². The molecule has 0 aliphatic carbocycles. The highest BCUT2D eigenvalue weighted by molar-refractivity contribution is 7.80. The summed E-state index contributed by atoms with van der Waals surface area (Å²) in [5.74, 6) is 0. The molecule has 1 fully saturated rings. The van der Waals surface area contributed by atoms with Crippen LogP contribution in [0.3, 0.4) is 0 Å². The second kappa shape index (κ2) is 4.24. The molecule has 13 heavy (non-hydrogen) atoms. The van der Waals surface area contributed by atoms with Gasteiger partial charge in [0.1, 0.15) is 0 Å². The Kier molecular flexibility index (Phi) is 3.50. The van der Waals surface area contributed by atoms with Crippen LogP contribution in [0, 0.1) is 0 Å². The van der Waals surface area contributed by atoms with E-state index >= 15 is 0 Å². The van der Waals surface area contributed by atoms with E-state index in [9.17, 15) is 0 Å². The predicted octanol–water partition coefficient (Wildman–Crippen LogP) is 1.42. The van der Waals surface area contributed by atoms with E-state index in [1.807, 2.05) is 11.8 Å². The smallest absolute Gasteiger partial charge is 0.259 e. The quantitative estimate of drug-likeness (QED) is 0.647. The summed E-state index contributed by atoms with van der Waals surface area (Å²) in [5, 5.41) is 0.593. The van der Waals surface area contributed by atoms with Crippen molar-refractivity contribution >= 4 is 17.4 Å². The van der Waals surface area contributed by atoms with Gasteiger partial charge in [-0.3, -0.25) is 0 Å². The molecule has 1 heterocycles. The molecule has 0 saturated carbocycles. The van der Waals surface area contributed by atoms with Gasteiger partial charge in [-0.05, 0) is 33.0 Å². The standard InChI is InChI=1S/C9H17NO2S/c1-4-10(5-2)8(13)12-9(3)6-11-7-9/h4-7H2,1-3H3. The number of hydrogen-bond acceptors (Lipinski definition) is 3. The summed E-state index contributed by atoms with van der Waals surface area (Å²) in [6.45, 7) is 9.24. The predicted molar refractivity (Wildman–Crippen MR) is 55.8 cm³/mol. The van der Waals surface area contributed by atoms with Gasteiger partial charge in [0.2, 0.25) is 0 Å². The largest absolute Gasteiger partial charge is 0.460 e. The molecule has 1 aliphatic rings. The van der Waals surface area contributed by atoms with Gasteiger partial charge in [-0.25, -0.2) is 0 Å². The molecule has 0 amide bonds. The van der Waals surface area contributed by atoms with Gasteiger partial charge in [0.25, 0.3) is 5.17 Å². The minimum absolute atomic E-state index is 0.181. The lowest BCUT2D eigenvalue weighted by Gasteiger charge is -2.39. The molecule has 0 aromatic rings. The molecule has 0 atom stereocenters. The van der Waals surface area contributed by atoms with Crippen molar-refractivity contribution in [1.82, 2.24) is 4.90 Å². The van der Waals surface area contributed by atoms with Gasteiger partial charge >= 0.3 is 0 Å². The molecule has 1 aliphatic heterocycles. The summed E-state index contributed by atoms with van der Waals surface area (Å²) in [5.41, 5.74) is -0.181. The first-order valence-corrected chi connectivity index (χ1v) is 5.08. The van der Waals surface area contributed by atoms with Gasteiger partial charge in [-0.2, -0.15) is 0 Å². The number of rotatable bonds is 3. The lowest BCUT2D eigenvalue weighted by molar-refractivity contribution is -0.160. The average molecular weight is 203 g/mol. The van der Waals surface area contributed by atoms with Crippen LogP contribution in [0.25, 0.3) is 0 Å². The lowest BCUT2D eigenvalue weighted by Crippen LogP contribution is -2.52. The van der Waals surface area contributed by atoms with E-state index in [0.29, 0.717) is 18.4 Å². The molecule has 0 spiro atoms. The molecule has 0 unspecified atom stereocenters. The molecule has 0 radical (unpaired) electrons. The Morgan fingerprint density at radius 2 is 2.00 bits per heavy atom. The van der Waals surface area contributed by atoms with E-state index in [1.54, 1.807) is 0 Å². The highest BCUT2D eigenvalue weighted by Crippen LogP contribution is 2.21. The van der Waals surface area contributed by atoms with Crippen molar-refractivity contribution in [2.75, 3.05) is 26.3 Å². The maximum absolute atomic E-state index is 5.65. The fraction of sp³-hybridized carbons (Fsp3) is 0.889. The molecule has 76 valence electrons. The van der Waals surface area contributed by atoms with E-state index in [1.165, 1.54) is 0 Å². The van der Waals surface area contributed by atoms with Gasteiger partial charge < -0.3 is 14.4 Å². The minimum Gasteiger partial charge on any atom is -0.460 e. The molecule has 4 heteroatoms. The van der Waals surface area contributed by atoms with Crippen LogP contribution in [0.15, 0.2) is 0 Å². The van der Waals surface area contributed by atoms with Gasteiger partial charge in [0.15, 0.2) is 5.60 Å². The Hall–Kier alpha value is -0.350. The van der Waals surface area contributed by atoms with Crippen LogP contribution >= 0.6 is 12.2 Å². The van der Waals surface area contributed by atoms with E-state index in [-0.39, 0.29) is 5.60 Å². The molecule has 1 rings (SSSR count). The summed E-state index contributed by atoms with van der Waals surface area (Å²) in [6, 6.07) is 0. The fourth-order valence-corrected chi connectivity index (χ4v) is 1.66. The molecule has 0 aromatic carbocycles. The van der Waals surface area contributed by atoms with E-state index in [2.05, 4.69) is 13.8 Å². The van der Waals surface area contributed by atoms with Crippen molar-refractivity contribution in [2.45, 2.75) is 26.4 Å². The Balaban J connectivity index is 2.39. The van der Waals surface area contributed by atoms with Gasteiger partial charge in [-0.15, -0.1) is 0 Å². The van der Waals surface area contributed by atoms with Crippen molar-refractivity contribution in [1.29, 1.82) is 0 Å². The van der Waals surface area contributed by atoms with Crippen molar-refractivity contribution in [2.24, 2.45) is 0 Å². The summed E-state index contributed by atoms with van der Waals surface area (Å²) < 4.78 is 10.7. The maximum Gasteiger partial charge on any atom is 0.259 e. The SMILES string of the molecule is CCN(CC)C(=S)OC1(C)COC1. The first kappa shape index (κ1) is 10.7. The summed E-state index contributed by atoms with van der Waals surface area (Å²) >= 11 is 5.17. The van der Waals surface area contributed by atoms with Crippen molar-refractivity contribution in [3.05, 3.63) is 0 Å². The van der Waals surface area contributed by atoms with Gasteiger partial charge in [-0.1, -0.05) is 0 Å². The van der Waals surface area contributed by atoms with Crippen LogP contribution in [0.5, 0.6) is 0 Å². The van der Waals surface area contributed by atoms with Crippen LogP contribution in [0.2, 0.25) is 0 Å². The van der Waals surface area contributed by atoms with Crippen LogP contribution < -0.4 is 0 Å². The first-order chi connectivity index (χ1) is 6.11. The number of ether oxygens (including phenoxy) is 2. The van der Waals surface area contributed by atoms with E-state index in [0.717, 1.165) is 13.1 Å². The van der Waals surface area contributed by atoms with Crippen LogP contribution in [0.1, 0.15) is 20.8 Å². The summed E-state index contributed by atoms with van der Waals surface area (Å²) in [4.78, 5) is 2.03. The fourth-order valence-electron chi connectivity index (χ4n) is 1.21. The number of hydrogen-bond donors (Lipinski definition) is 0. The minimum atomic E-state index is -0.181. The normalized spacial score (nSPS) is 19.0. The summed E-state index contributed by atoms with van der Waals surface area (Å²) in [6.07, 6.45) is 0. The third kappa shape index (κ3) is 2.54. The molecule has 0 aromatic heterocycles. The molecular weight excluding hydrogens is 186 g/mol. The zero-order chi connectivity index (χ0) is 9.90. The van der Waals surface area contributed by atoms with Crippen molar-refractivity contribution in [3.8, 4) is 0 Å². The number of thiocarbonyl (C=S) groups is 1. The molecule has 3 nitrogen and oxygen atoms in total. The maximum atomic E-state index is 5.65. The Morgan fingerprint density at radius 1 is 1.46 bits per heavy atom. The number of nitrogens with zero attached hydrogens (tertiary/aromatic N) is 1. The highest BCUT2D eigenvalue weighted by atomic mass is 32.1. The highest BCUT2D eigenvalue weighted by Gasteiger charge is 2.37. The summed E-state index contributed by atoms with van der Waals surface area (Å²) in [7, 11) is 0. The second-order valence-electron chi connectivity index (χ2n) is 3.48. The van der Waals surface area contributed by atoms with Crippen LogP contribution in [0.4, 0.5) is 0 Å². The first-order valence-electron chi connectivity index (χ1n) is 4.67. The van der Waals surface area contributed by atoms with E-state index < -0.39 is 0 Å². The third-order valence-electron chi connectivity index (χ3n) is 2.17.